The quantitative estimate of drug-likeness (QED) is 0.639. The standard InChI is InChI=1S/C12H15F2NO2S/c1-2-17-12(16)10(15)5-6-18-11-4-3-8(13)7-9(11)14/h3-4,7,10H,2,5-6,15H2,1H3. The Morgan fingerprint density at radius 3 is 2.83 bits per heavy atom. The van der Waals surface area contributed by atoms with Gasteiger partial charge in [-0.15, -0.1) is 11.8 Å². The van der Waals surface area contributed by atoms with Crippen molar-refractivity contribution in [2.45, 2.75) is 24.3 Å². The molecule has 0 saturated heterocycles. The minimum atomic E-state index is -0.707. The highest BCUT2D eigenvalue weighted by atomic mass is 32.2. The van der Waals surface area contributed by atoms with Gasteiger partial charge >= 0.3 is 5.97 Å². The number of ether oxygens (including phenoxy) is 1. The van der Waals surface area contributed by atoms with Gasteiger partial charge in [0.1, 0.15) is 17.7 Å². The van der Waals surface area contributed by atoms with Gasteiger partial charge < -0.3 is 10.5 Å². The summed E-state index contributed by atoms with van der Waals surface area (Å²) in [7, 11) is 0. The number of rotatable bonds is 6. The lowest BCUT2D eigenvalue weighted by Crippen LogP contribution is -2.32. The zero-order valence-corrected chi connectivity index (χ0v) is 10.8. The highest BCUT2D eigenvalue weighted by molar-refractivity contribution is 7.99. The number of hydrogen-bond donors (Lipinski definition) is 1. The molecule has 0 amide bonds. The van der Waals surface area contributed by atoms with Gasteiger partial charge in [-0.3, -0.25) is 4.79 Å². The Morgan fingerprint density at radius 2 is 2.22 bits per heavy atom. The summed E-state index contributed by atoms with van der Waals surface area (Å²) < 4.78 is 30.7. The molecule has 1 atom stereocenters. The molecule has 0 spiro atoms. The van der Waals surface area contributed by atoms with Crippen molar-refractivity contribution in [3.05, 3.63) is 29.8 Å². The molecule has 1 aromatic carbocycles. The van der Waals surface area contributed by atoms with Gasteiger partial charge in [-0.2, -0.15) is 0 Å². The van der Waals surface area contributed by atoms with Crippen LogP contribution in [-0.2, 0) is 9.53 Å². The van der Waals surface area contributed by atoms with Crippen LogP contribution < -0.4 is 5.73 Å². The maximum Gasteiger partial charge on any atom is 0.322 e. The Labute approximate surface area is 109 Å². The van der Waals surface area contributed by atoms with Gasteiger partial charge in [0, 0.05) is 16.7 Å². The average molecular weight is 275 g/mol. The minimum absolute atomic E-state index is 0.284. The third kappa shape index (κ3) is 4.62. The second-order valence-electron chi connectivity index (χ2n) is 3.57. The third-order valence-corrected chi connectivity index (χ3v) is 3.25. The fraction of sp³-hybridized carbons (Fsp3) is 0.417. The molecule has 18 heavy (non-hydrogen) atoms. The highest BCUT2D eigenvalue weighted by Crippen LogP contribution is 2.23. The van der Waals surface area contributed by atoms with Crippen LogP contribution in [0.4, 0.5) is 8.78 Å². The van der Waals surface area contributed by atoms with Gasteiger partial charge in [0.2, 0.25) is 0 Å². The van der Waals surface area contributed by atoms with E-state index < -0.39 is 23.6 Å². The van der Waals surface area contributed by atoms with Crippen LogP contribution in [0.25, 0.3) is 0 Å². The molecule has 0 radical (unpaired) electrons. The van der Waals surface area contributed by atoms with Crippen LogP contribution in [-0.4, -0.2) is 24.4 Å². The number of thioether (sulfide) groups is 1. The van der Waals surface area contributed by atoms with Gasteiger partial charge in [0.15, 0.2) is 0 Å². The summed E-state index contributed by atoms with van der Waals surface area (Å²) in [6, 6.07) is 2.68. The largest absolute Gasteiger partial charge is 0.465 e. The van der Waals surface area contributed by atoms with Crippen LogP contribution in [0, 0.1) is 11.6 Å². The number of carbonyl (C=O) groups is 1. The topological polar surface area (TPSA) is 52.3 Å². The SMILES string of the molecule is CCOC(=O)C(N)CCSc1ccc(F)cc1F. The molecule has 0 bridgehead atoms. The van der Waals surface area contributed by atoms with Crippen molar-refractivity contribution < 1.29 is 18.3 Å². The summed E-state index contributed by atoms with van der Waals surface area (Å²) in [5.74, 6) is -1.22. The molecule has 1 unspecified atom stereocenters. The van der Waals surface area contributed by atoms with E-state index in [0.29, 0.717) is 17.1 Å². The van der Waals surface area contributed by atoms with E-state index in [4.69, 9.17) is 10.5 Å². The van der Waals surface area contributed by atoms with Crippen LogP contribution >= 0.6 is 11.8 Å². The zero-order valence-electron chi connectivity index (χ0n) is 9.99. The summed E-state index contributed by atoms with van der Waals surface area (Å²) in [5, 5.41) is 0. The molecule has 0 aliphatic heterocycles. The van der Waals surface area contributed by atoms with Crippen LogP contribution in [0.5, 0.6) is 0 Å². The lowest BCUT2D eigenvalue weighted by Gasteiger charge is -2.10. The molecule has 2 N–H and O–H groups in total. The van der Waals surface area contributed by atoms with Crippen molar-refractivity contribution in [3.8, 4) is 0 Å². The van der Waals surface area contributed by atoms with E-state index in [-0.39, 0.29) is 6.61 Å². The predicted molar refractivity (Wildman–Crippen MR) is 66.3 cm³/mol. The van der Waals surface area contributed by atoms with Crippen molar-refractivity contribution >= 4 is 17.7 Å². The van der Waals surface area contributed by atoms with Gasteiger partial charge in [-0.25, -0.2) is 8.78 Å². The second-order valence-corrected chi connectivity index (χ2v) is 4.71. The lowest BCUT2D eigenvalue weighted by molar-refractivity contribution is -0.144. The minimum Gasteiger partial charge on any atom is -0.465 e. The normalized spacial score (nSPS) is 12.2. The van der Waals surface area contributed by atoms with Crippen LogP contribution in [0.1, 0.15) is 13.3 Å². The van der Waals surface area contributed by atoms with E-state index in [1.165, 1.54) is 23.9 Å². The number of hydrogen-bond acceptors (Lipinski definition) is 4. The second kappa shape index (κ2) is 7.33. The van der Waals surface area contributed by atoms with Crippen molar-refractivity contribution in [3.63, 3.8) is 0 Å². The first-order valence-corrected chi connectivity index (χ1v) is 6.53. The zero-order chi connectivity index (χ0) is 13.5. The third-order valence-electron chi connectivity index (χ3n) is 2.17. The lowest BCUT2D eigenvalue weighted by atomic mass is 10.2. The molecular formula is C12H15F2NO2S. The predicted octanol–water partition coefficient (Wildman–Crippen LogP) is 2.34. The van der Waals surface area contributed by atoms with Crippen molar-refractivity contribution in [2.24, 2.45) is 5.73 Å². The molecule has 1 aromatic rings. The maximum absolute atomic E-state index is 13.3. The number of nitrogens with two attached hydrogens (primary N) is 1. The first kappa shape index (κ1) is 14.9. The first-order chi connectivity index (χ1) is 8.54. The summed E-state index contributed by atoms with van der Waals surface area (Å²) in [6.45, 7) is 1.99. The Hall–Kier alpha value is -1.14. The van der Waals surface area contributed by atoms with Crippen LogP contribution in [0.2, 0.25) is 0 Å². The molecule has 0 saturated carbocycles. The molecule has 6 heteroatoms. The van der Waals surface area contributed by atoms with Gasteiger partial charge in [-0.1, -0.05) is 0 Å². The molecule has 1 rings (SSSR count). The summed E-state index contributed by atoms with van der Waals surface area (Å²) in [6.07, 6.45) is 0.375. The van der Waals surface area contributed by atoms with Gasteiger partial charge in [0.25, 0.3) is 0 Å². The van der Waals surface area contributed by atoms with Gasteiger partial charge in [-0.05, 0) is 25.5 Å². The van der Waals surface area contributed by atoms with Crippen molar-refractivity contribution in [2.75, 3.05) is 12.4 Å². The van der Waals surface area contributed by atoms with Gasteiger partial charge in [0.05, 0.1) is 6.61 Å². The van der Waals surface area contributed by atoms with Crippen molar-refractivity contribution in [1.29, 1.82) is 0 Å². The molecule has 0 aliphatic rings. The van der Waals surface area contributed by atoms with Crippen molar-refractivity contribution in [1.82, 2.24) is 0 Å². The van der Waals surface area contributed by atoms with E-state index in [2.05, 4.69) is 0 Å². The Balaban J connectivity index is 2.39. The summed E-state index contributed by atoms with van der Waals surface area (Å²) in [4.78, 5) is 11.6. The number of esters is 1. The van der Waals surface area contributed by atoms with E-state index in [1.54, 1.807) is 6.92 Å². The maximum atomic E-state index is 13.3. The molecular weight excluding hydrogens is 260 g/mol. The Morgan fingerprint density at radius 1 is 1.50 bits per heavy atom. The molecule has 0 heterocycles. The number of carbonyl (C=O) groups excluding carboxylic acids is 1. The number of benzene rings is 1. The Kier molecular flexibility index (Phi) is 6.07. The molecule has 3 nitrogen and oxygen atoms in total. The fourth-order valence-electron chi connectivity index (χ4n) is 1.26. The molecule has 0 aromatic heterocycles. The van der Waals surface area contributed by atoms with E-state index in [0.717, 1.165) is 6.07 Å². The molecule has 0 aliphatic carbocycles. The molecule has 0 fully saturated rings. The van der Waals surface area contributed by atoms with Crippen LogP contribution in [0.15, 0.2) is 23.1 Å². The van der Waals surface area contributed by atoms with E-state index in [1.807, 2.05) is 0 Å². The highest BCUT2D eigenvalue weighted by Gasteiger charge is 2.14. The number of halogens is 2. The summed E-state index contributed by atoms with van der Waals surface area (Å²) in [5.41, 5.74) is 5.59. The Bertz CT molecular complexity index is 415. The smallest absolute Gasteiger partial charge is 0.322 e. The molecule has 100 valence electrons. The summed E-state index contributed by atoms with van der Waals surface area (Å²) >= 11 is 1.19. The van der Waals surface area contributed by atoms with Crippen LogP contribution in [0.3, 0.4) is 0 Å². The monoisotopic (exact) mass is 275 g/mol. The average Bonchev–Trinajstić information content (AvgIpc) is 2.32. The van der Waals surface area contributed by atoms with E-state index >= 15 is 0 Å². The fourth-order valence-corrected chi connectivity index (χ4v) is 2.21. The first-order valence-electron chi connectivity index (χ1n) is 5.54. The van der Waals surface area contributed by atoms with E-state index in [9.17, 15) is 13.6 Å².